The molecule has 4 nitrogen and oxygen atoms in total. The summed E-state index contributed by atoms with van der Waals surface area (Å²) in [5.41, 5.74) is 1.31. The smallest absolute Gasteiger partial charge is 0.160 e. The first-order valence-electron chi connectivity index (χ1n) is 6.56. The van der Waals surface area contributed by atoms with Crippen LogP contribution in [0.2, 0.25) is 0 Å². The molecule has 0 radical (unpaired) electrons. The number of rotatable bonds is 6. The molecular formula is C13H23N3O. The second kappa shape index (κ2) is 5.54. The zero-order chi connectivity index (χ0) is 12.3. The van der Waals surface area contributed by atoms with Gasteiger partial charge in [-0.15, -0.1) is 0 Å². The molecule has 0 aliphatic heterocycles. The van der Waals surface area contributed by atoms with E-state index in [9.17, 15) is 0 Å². The Hall–Kier alpha value is -1.03. The van der Waals surface area contributed by atoms with Gasteiger partial charge in [-0.2, -0.15) is 5.10 Å². The SMILES string of the molecule is CCCn1ncc(OC)c1C1CCC1CNC. The van der Waals surface area contributed by atoms with Crippen LogP contribution in [0.25, 0.3) is 0 Å². The maximum absolute atomic E-state index is 5.45. The van der Waals surface area contributed by atoms with Gasteiger partial charge in [-0.1, -0.05) is 6.92 Å². The molecule has 1 fully saturated rings. The van der Waals surface area contributed by atoms with Crippen LogP contribution < -0.4 is 10.1 Å². The summed E-state index contributed by atoms with van der Waals surface area (Å²) in [6.07, 6.45) is 5.55. The summed E-state index contributed by atoms with van der Waals surface area (Å²) in [6.45, 7) is 4.26. The van der Waals surface area contributed by atoms with Crippen molar-refractivity contribution in [3.63, 3.8) is 0 Å². The molecule has 1 N–H and O–H groups in total. The molecule has 1 aromatic heterocycles. The predicted molar refractivity (Wildman–Crippen MR) is 68.5 cm³/mol. The lowest BCUT2D eigenvalue weighted by molar-refractivity contribution is 0.231. The van der Waals surface area contributed by atoms with Gasteiger partial charge in [0.25, 0.3) is 0 Å². The lowest BCUT2D eigenvalue weighted by Gasteiger charge is -2.37. The molecule has 96 valence electrons. The number of hydrogen-bond acceptors (Lipinski definition) is 3. The van der Waals surface area contributed by atoms with Gasteiger partial charge in [0.1, 0.15) is 0 Å². The van der Waals surface area contributed by atoms with Crippen LogP contribution in [-0.4, -0.2) is 30.5 Å². The van der Waals surface area contributed by atoms with Crippen LogP contribution >= 0.6 is 0 Å². The molecule has 0 aromatic carbocycles. The summed E-state index contributed by atoms with van der Waals surface area (Å²) in [5.74, 6) is 2.32. The van der Waals surface area contributed by atoms with E-state index < -0.39 is 0 Å². The number of aryl methyl sites for hydroxylation is 1. The fourth-order valence-electron chi connectivity index (χ4n) is 2.73. The van der Waals surface area contributed by atoms with E-state index in [0.29, 0.717) is 5.92 Å². The summed E-state index contributed by atoms with van der Waals surface area (Å²) in [5, 5.41) is 7.73. The average Bonchev–Trinajstić information content (AvgIpc) is 2.69. The van der Waals surface area contributed by atoms with Crippen LogP contribution in [0, 0.1) is 5.92 Å². The Labute approximate surface area is 103 Å². The van der Waals surface area contributed by atoms with Crippen molar-refractivity contribution in [3.8, 4) is 5.75 Å². The van der Waals surface area contributed by atoms with Crippen LogP contribution in [0.4, 0.5) is 0 Å². The van der Waals surface area contributed by atoms with E-state index in [-0.39, 0.29) is 0 Å². The van der Waals surface area contributed by atoms with E-state index in [1.54, 1.807) is 7.11 Å². The number of methoxy groups -OCH3 is 1. The molecule has 1 aromatic rings. The topological polar surface area (TPSA) is 39.1 Å². The van der Waals surface area contributed by atoms with Gasteiger partial charge in [0.15, 0.2) is 5.75 Å². The Balaban J connectivity index is 2.20. The molecule has 0 amide bonds. The Morgan fingerprint density at radius 1 is 1.53 bits per heavy atom. The molecule has 0 bridgehead atoms. The van der Waals surface area contributed by atoms with Crippen LogP contribution in [0.1, 0.15) is 37.8 Å². The van der Waals surface area contributed by atoms with Gasteiger partial charge >= 0.3 is 0 Å². The lowest BCUT2D eigenvalue weighted by atomic mass is 9.71. The molecular weight excluding hydrogens is 214 g/mol. The first-order chi connectivity index (χ1) is 8.31. The number of ether oxygens (including phenoxy) is 1. The molecule has 0 spiro atoms. The largest absolute Gasteiger partial charge is 0.493 e. The highest BCUT2D eigenvalue weighted by atomic mass is 16.5. The number of aromatic nitrogens is 2. The third kappa shape index (κ3) is 2.32. The third-order valence-electron chi connectivity index (χ3n) is 3.74. The van der Waals surface area contributed by atoms with Gasteiger partial charge < -0.3 is 10.1 Å². The van der Waals surface area contributed by atoms with E-state index in [0.717, 1.165) is 31.2 Å². The zero-order valence-corrected chi connectivity index (χ0v) is 11.1. The van der Waals surface area contributed by atoms with Crippen LogP contribution in [0.5, 0.6) is 5.75 Å². The highest BCUT2D eigenvalue weighted by molar-refractivity contribution is 5.31. The maximum atomic E-state index is 5.45. The van der Waals surface area contributed by atoms with Gasteiger partial charge in [-0.3, -0.25) is 4.68 Å². The minimum absolute atomic E-state index is 0.617. The van der Waals surface area contributed by atoms with Crippen molar-refractivity contribution in [3.05, 3.63) is 11.9 Å². The van der Waals surface area contributed by atoms with E-state index in [1.807, 2.05) is 13.2 Å². The fourth-order valence-corrected chi connectivity index (χ4v) is 2.73. The molecule has 1 heterocycles. The van der Waals surface area contributed by atoms with Crippen molar-refractivity contribution < 1.29 is 4.74 Å². The summed E-state index contributed by atoms with van der Waals surface area (Å²) in [4.78, 5) is 0. The predicted octanol–water partition coefficient (Wildman–Crippen LogP) is 2.01. The van der Waals surface area contributed by atoms with Gasteiger partial charge in [0.05, 0.1) is 19.0 Å². The fraction of sp³-hybridized carbons (Fsp3) is 0.769. The van der Waals surface area contributed by atoms with Crippen LogP contribution in [0.3, 0.4) is 0 Å². The molecule has 2 rings (SSSR count). The quantitative estimate of drug-likeness (QED) is 0.822. The first kappa shape index (κ1) is 12.4. The van der Waals surface area contributed by atoms with Crippen LogP contribution in [0.15, 0.2) is 6.20 Å². The Kier molecular flexibility index (Phi) is 4.05. The average molecular weight is 237 g/mol. The van der Waals surface area contributed by atoms with E-state index in [4.69, 9.17) is 4.74 Å². The Morgan fingerprint density at radius 2 is 2.35 bits per heavy atom. The monoisotopic (exact) mass is 237 g/mol. The number of nitrogens with one attached hydrogen (secondary N) is 1. The first-order valence-corrected chi connectivity index (χ1v) is 6.56. The van der Waals surface area contributed by atoms with E-state index in [2.05, 4.69) is 22.0 Å². The van der Waals surface area contributed by atoms with Crippen molar-refractivity contribution in [1.29, 1.82) is 0 Å². The molecule has 4 heteroatoms. The summed E-state index contributed by atoms with van der Waals surface area (Å²) >= 11 is 0. The lowest BCUT2D eigenvalue weighted by Crippen LogP contribution is -2.33. The summed E-state index contributed by atoms with van der Waals surface area (Å²) < 4.78 is 7.58. The van der Waals surface area contributed by atoms with Crippen molar-refractivity contribution in [1.82, 2.24) is 15.1 Å². The molecule has 17 heavy (non-hydrogen) atoms. The number of hydrogen-bond donors (Lipinski definition) is 1. The van der Waals surface area contributed by atoms with Gasteiger partial charge in [-0.25, -0.2) is 0 Å². The normalized spacial score (nSPS) is 23.5. The van der Waals surface area contributed by atoms with Gasteiger partial charge in [0.2, 0.25) is 0 Å². The molecule has 1 aliphatic rings. The summed E-state index contributed by atoms with van der Waals surface area (Å²) in [7, 11) is 3.76. The second-order valence-corrected chi connectivity index (χ2v) is 4.82. The van der Waals surface area contributed by atoms with Crippen molar-refractivity contribution in [2.75, 3.05) is 20.7 Å². The van der Waals surface area contributed by atoms with Gasteiger partial charge in [-0.05, 0) is 38.8 Å². The minimum atomic E-state index is 0.617. The van der Waals surface area contributed by atoms with E-state index >= 15 is 0 Å². The highest BCUT2D eigenvalue weighted by Crippen LogP contribution is 2.45. The molecule has 2 unspecified atom stereocenters. The zero-order valence-electron chi connectivity index (χ0n) is 11.1. The van der Waals surface area contributed by atoms with Gasteiger partial charge in [0, 0.05) is 12.5 Å². The minimum Gasteiger partial charge on any atom is -0.493 e. The Bertz CT molecular complexity index is 362. The maximum Gasteiger partial charge on any atom is 0.160 e. The third-order valence-corrected chi connectivity index (χ3v) is 3.74. The molecule has 1 aliphatic carbocycles. The molecule has 1 saturated carbocycles. The molecule has 2 atom stereocenters. The van der Waals surface area contributed by atoms with Crippen molar-refractivity contribution >= 4 is 0 Å². The number of nitrogens with zero attached hydrogens (tertiary/aromatic N) is 2. The van der Waals surface area contributed by atoms with Crippen LogP contribution in [-0.2, 0) is 6.54 Å². The Morgan fingerprint density at radius 3 is 2.88 bits per heavy atom. The standard InChI is InChI=1S/C13H23N3O/c1-4-7-16-13(12(17-3)9-15-16)11-6-5-10(11)8-14-2/h9-11,14H,4-8H2,1-3H3. The van der Waals surface area contributed by atoms with E-state index in [1.165, 1.54) is 18.5 Å². The van der Waals surface area contributed by atoms with Crippen molar-refractivity contribution in [2.45, 2.75) is 38.6 Å². The molecule has 0 saturated heterocycles. The summed E-state index contributed by atoms with van der Waals surface area (Å²) in [6, 6.07) is 0. The highest BCUT2D eigenvalue weighted by Gasteiger charge is 2.36. The second-order valence-electron chi connectivity index (χ2n) is 4.82. The van der Waals surface area contributed by atoms with Crippen molar-refractivity contribution in [2.24, 2.45) is 5.92 Å².